The van der Waals surface area contributed by atoms with Crippen molar-refractivity contribution in [3.63, 3.8) is 0 Å². The molecule has 0 aliphatic heterocycles. The smallest absolute Gasteiger partial charge is 0.416 e. The van der Waals surface area contributed by atoms with Crippen molar-refractivity contribution in [1.82, 2.24) is 10.6 Å². The number of hydrogen-bond acceptors (Lipinski definition) is 4. The number of carbonyl (C=O) groups is 2. The molecule has 0 aliphatic rings. The van der Waals surface area contributed by atoms with E-state index >= 15 is 0 Å². The minimum absolute atomic E-state index is 0.0302. The number of benzene rings is 2. The summed E-state index contributed by atoms with van der Waals surface area (Å²) in [5, 5.41) is 5.54. The molecule has 9 heteroatoms. The van der Waals surface area contributed by atoms with Crippen LogP contribution in [0.5, 0.6) is 11.5 Å². The molecule has 2 amide bonds. The van der Waals surface area contributed by atoms with E-state index in [2.05, 4.69) is 17.2 Å². The van der Waals surface area contributed by atoms with Gasteiger partial charge in [-0.05, 0) is 36.4 Å². The van der Waals surface area contributed by atoms with Crippen LogP contribution in [-0.4, -0.2) is 25.2 Å². The maximum Gasteiger partial charge on any atom is 0.416 e. The minimum atomic E-state index is -0.702. The van der Waals surface area contributed by atoms with Gasteiger partial charge in [-0.25, -0.2) is 9.18 Å². The molecule has 0 radical (unpaired) electrons. The van der Waals surface area contributed by atoms with Crippen LogP contribution >= 0.6 is 23.2 Å². The molecule has 6 nitrogen and oxygen atoms in total. The molecule has 0 bridgehead atoms. The Hall–Kier alpha value is -2.77. The second-order valence-corrected chi connectivity index (χ2v) is 6.38. The molecule has 0 saturated heterocycles. The summed E-state index contributed by atoms with van der Waals surface area (Å²) in [6, 6.07) is 10.2. The summed E-state index contributed by atoms with van der Waals surface area (Å²) >= 11 is 11.3. The van der Waals surface area contributed by atoms with Crippen molar-refractivity contribution in [2.45, 2.75) is 6.42 Å². The number of ether oxygens (including phenoxy) is 2. The van der Waals surface area contributed by atoms with E-state index in [0.717, 1.165) is 6.07 Å². The summed E-state index contributed by atoms with van der Waals surface area (Å²) in [7, 11) is 0. The van der Waals surface area contributed by atoms with Gasteiger partial charge < -0.3 is 14.8 Å². The fourth-order valence-electron chi connectivity index (χ4n) is 1.96. The number of nitrogens with one attached hydrogen (secondary N) is 2. The Labute approximate surface area is 171 Å². The normalized spacial score (nSPS) is 10.1. The van der Waals surface area contributed by atoms with Gasteiger partial charge in [0, 0.05) is 29.8 Å². The first-order valence-corrected chi connectivity index (χ1v) is 8.86. The van der Waals surface area contributed by atoms with Crippen molar-refractivity contribution in [3.05, 3.63) is 70.6 Å². The third-order valence-corrected chi connectivity index (χ3v) is 3.87. The zero-order valence-corrected chi connectivity index (χ0v) is 16.1. The first-order valence-electron chi connectivity index (χ1n) is 8.10. The molecule has 2 aromatic rings. The Morgan fingerprint density at radius 2 is 1.75 bits per heavy atom. The molecule has 0 unspecified atom stereocenters. The highest BCUT2D eigenvalue weighted by Gasteiger charge is 2.08. The Kier molecular flexibility index (Phi) is 8.10. The van der Waals surface area contributed by atoms with Gasteiger partial charge in [0.25, 0.3) is 5.91 Å². The number of hydrogen-bond donors (Lipinski definition) is 2. The second-order valence-electron chi connectivity index (χ2n) is 5.54. The third kappa shape index (κ3) is 7.46. The van der Waals surface area contributed by atoms with Gasteiger partial charge in [0.15, 0.2) is 6.61 Å². The highest BCUT2D eigenvalue weighted by Crippen LogP contribution is 2.20. The molecule has 0 spiro atoms. The van der Waals surface area contributed by atoms with Gasteiger partial charge in [0.05, 0.1) is 5.02 Å². The average molecular weight is 427 g/mol. The quantitative estimate of drug-likeness (QED) is 0.658. The van der Waals surface area contributed by atoms with E-state index in [9.17, 15) is 14.0 Å². The van der Waals surface area contributed by atoms with Crippen molar-refractivity contribution >= 4 is 35.2 Å². The fourth-order valence-corrected chi connectivity index (χ4v) is 2.20. The van der Waals surface area contributed by atoms with Crippen LogP contribution in [0.1, 0.15) is 6.42 Å². The van der Waals surface area contributed by atoms with Crippen molar-refractivity contribution in [1.29, 1.82) is 0 Å². The number of carbonyl (C=O) groups excluding carboxylic acids is 2. The van der Waals surface area contributed by atoms with Crippen molar-refractivity contribution < 1.29 is 23.5 Å². The van der Waals surface area contributed by atoms with Gasteiger partial charge in [0.1, 0.15) is 17.3 Å². The van der Waals surface area contributed by atoms with E-state index < -0.39 is 17.8 Å². The molecular weight excluding hydrogens is 410 g/mol. The van der Waals surface area contributed by atoms with Crippen LogP contribution in [0.4, 0.5) is 9.18 Å². The molecule has 2 rings (SSSR count). The highest BCUT2D eigenvalue weighted by molar-refractivity contribution is 6.31. The Morgan fingerprint density at radius 1 is 1.07 bits per heavy atom. The molecule has 0 fully saturated rings. The van der Waals surface area contributed by atoms with Gasteiger partial charge in [-0.2, -0.15) is 0 Å². The number of amides is 2. The minimum Gasteiger partial charge on any atom is -0.484 e. The molecule has 2 aromatic carbocycles. The van der Waals surface area contributed by atoms with E-state index in [1.54, 1.807) is 24.3 Å². The maximum absolute atomic E-state index is 13.3. The van der Waals surface area contributed by atoms with Gasteiger partial charge in [-0.3, -0.25) is 10.1 Å². The number of halogens is 3. The van der Waals surface area contributed by atoms with Crippen LogP contribution in [-0.2, 0) is 4.79 Å². The zero-order valence-electron chi connectivity index (χ0n) is 14.6. The summed E-state index contributed by atoms with van der Waals surface area (Å²) in [5.41, 5.74) is 0.361. The lowest BCUT2D eigenvalue weighted by Gasteiger charge is -2.10. The monoisotopic (exact) mass is 426 g/mol. The predicted molar refractivity (Wildman–Crippen MR) is 104 cm³/mol. The van der Waals surface area contributed by atoms with E-state index in [0.29, 0.717) is 16.5 Å². The molecule has 0 heterocycles. The molecule has 0 atom stereocenters. The van der Waals surface area contributed by atoms with Crippen LogP contribution in [0.15, 0.2) is 54.7 Å². The molecule has 0 aromatic heterocycles. The summed E-state index contributed by atoms with van der Waals surface area (Å²) in [4.78, 5) is 23.5. The molecule has 28 heavy (non-hydrogen) atoms. The summed E-state index contributed by atoms with van der Waals surface area (Å²) < 4.78 is 23.5. The molecule has 0 saturated carbocycles. The average Bonchev–Trinajstić information content (AvgIpc) is 2.64. The lowest BCUT2D eigenvalue weighted by Crippen LogP contribution is -2.32. The van der Waals surface area contributed by atoms with Crippen LogP contribution < -0.4 is 20.1 Å². The van der Waals surface area contributed by atoms with Crippen molar-refractivity contribution in [3.8, 4) is 11.5 Å². The van der Waals surface area contributed by atoms with Crippen LogP contribution in [0.25, 0.3) is 0 Å². The Balaban J connectivity index is 1.64. The van der Waals surface area contributed by atoms with E-state index in [-0.39, 0.29) is 30.3 Å². The van der Waals surface area contributed by atoms with Gasteiger partial charge in [0.2, 0.25) is 0 Å². The highest BCUT2D eigenvalue weighted by atomic mass is 35.5. The van der Waals surface area contributed by atoms with E-state index in [4.69, 9.17) is 32.7 Å². The zero-order chi connectivity index (χ0) is 20.5. The van der Waals surface area contributed by atoms with Crippen LogP contribution in [0, 0.1) is 5.82 Å². The second kappa shape index (κ2) is 10.5. The Bertz CT molecular complexity index is 860. The topological polar surface area (TPSA) is 76.7 Å². The van der Waals surface area contributed by atoms with E-state index in [1.165, 1.54) is 12.1 Å². The first kappa shape index (κ1) is 21.5. The lowest BCUT2D eigenvalue weighted by molar-refractivity contribution is -0.123. The standard InChI is InChI=1S/C19H17Cl2FN2O4/c1-12(24-19(26)28-14-4-2-13(20)3-5-14)8-9-23-18(25)11-27-15-6-7-16(21)17(22)10-15/h2-7,10H,1,8-9,11H2,(H,23,25)(H,24,26). The van der Waals surface area contributed by atoms with Gasteiger partial charge >= 0.3 is 6.09 Å². The predicted octanol–water partition coefficient (Wildman–Crippen LogP) is 4.32. The van der Waals surface area contributed by atoms with Crippen molar-refractivity contribution in [2.75, 3.05) is 13.2 Å². The molecule has 148 valence electrons. The SMILES string of the molecule is C=C(CCNC(=O)COc1ccc(Cl)c(F)c1)NC(=O)Oc1ccc(Cl)cc1. The lowest BCUT2D eigenvalue weighted by atomic mass is 10.3. The first-order chi connectivity index (χ1) is 13.3. The third-order valence-electron chi connectivity index (χ3n) is 3.31. The van der Waals surface area contributed by atoms with Gasteiger partial charge in [-0.1, -0.05) is 29.8 Å². The summed E-state index contributed by atoms with van der Waals surface area (Å²) in [5.74, 6) is -0.522. The maximum atomic E-state index is 13.3. The molecule has 0 aliphatic carbocycles. The summed E-state index contributed by atoms with van der Waals surface area (Å²) in [6.45, 7) is 3.62. The van der Waals surface area contributed by atoms with Crippen LogP contribution in [0.2, 0.25) is 10.0 Å². The van der Waals surface area contributed by atoms with Gasteiger partial charge in [-0.15, -0.1) is 0 Å². The molecule has 2 N–H and O–H groups in total. The fraction of sp³-hybridized carbons (Fsp3) is 0.158. The number of rotatable bonds is 8. The molecular formula is C19H17Cl2FN2O4. The Morgan fingerprint density at radius 3 is 2.43 bits per heavy atom. The van der Waals surface area contributed by atoms with Crippen LogP contribution in [0.3, 0.4) is 0 Å². The van der Waals surface area contributed by atoms with Crippen molar-refractivity contribution in [2.24, 2.45) is 0 Å². The largest absolute Gasteiger partial charge is 0.484 e. The summed E-state index contributed by atoms with van der Waals surface area (Å²) in [6.07, 6.45) is -0.413. The van der Waals surface area contributed by atoms with E-state index in [1.807, 2.05) is 0 Å².